The van der Waals surface area contributed by atoms with Crippen molar-refractivity contribution in [2.45, 2.75) is 32.9 Å². The first-order valence-corrected chi connectivity index (χ1v) is 12.0. The van der Waals surface area contributed by atoms with E-state index in [-0.39, 0.29) is 17.8 Å². The lowest BCUT2D eigenvalue weighted by Gasteiger charge is -2.33. The summed E-state index contributed by atoms with van der Waals surface area (Å²) in [5, 5.41) is 4.40. The number of anilines is 1. The van der Waals surface area contributed by atoms with Crippen LogP contribution in [0.2, 0.25) is 0 Å². The van der Waals surface area contributed by atoms with Crippen LogP contribution in [0.15, 0.2) is 53.1 Å². The van der Waals surface area contributed by atoms with E-state index in [9.17, 15) is 9.18 Å². The summed E-state index contributed by atoms with van der Waals surface area (Å²) in [6, 6.07) is 13.4. The van der Waals surface area contributed by atoms with Crippen LogP contribution in [-0.4, -0.2) is 67.2 Å². The second kappa shape index (κ2) is 10.9. The molecule has 2 aromatic carbocycles. The Balaban J connectivity index is 1.74. The van der Waals surface area contributed by atoms with Crippen LogP contribution in [0.25, 0.3) is 11.3 Å². The normalized spacial score (nSPS) is 15.2. The highest BCUT2D eigenvalue weighted by Crippen LogP contribution is 2.34. The van der Waals surface area contributed by atoms with Crippen LogP contribution in [0, 0.1) is 5.82 Å². The minimum Gasteiger partial charge on any atom is -0.497 e. The summed E-state index contributed by atoms with van der Waals surface area (Å²) in [5.41, 5.74) is 2.78. The van der Waals surface area contributed by atoms with Gasteiger partial charge in [0.2, 0.25) is 5.88 Å². The van der Waals surface area contributed by atoms with E-state index >= 15 is 0 Å². The largest absolute Gasteiger partial charge is 0.497 e. The zero-order valence-corrected chi connectivity index (χ0v) is 20.8. The van der Waals surface area contributed by atoms with Crippen molar-refractivity contribution in [2.75, 3.05) is 45.2 Å². The fourth-order valence-electron chi connectivity index (χ4n) is 4.28. The summed E-state index contributed by atoms with van der Waals surface area (Å²) in [6.45, 7) is 7.84. The highest BCUT2D eigenvalue weighted by Gasteiger charge is 2.30. The summed E-state index contributed by atoms with van der Waals surface area (Å²) in [5.74, 6) is 0.903. The number of methoxy groups -OCH3 is 1. The molecule has 1 unspecified atom stereocenters. The Hall–Kier alpha value is -3.39. The molecule has 0 aliphatic carbocycles. The molecule has 186 valence electrons. The van der Waals surface area contributed by atoms with Gasteiger partial charge in [-0.25, -0.2) is 4.39 Å². The molecule has 0 radical (unpaired) electrons. The third kappa shape index (κ3) is 5.48. The van der Waals surface area contributed by atoms with Crippen LogP contribution in [-0.2, 0) is 6.54 Å². The van der Waals surface area contributed by atoms with E-state index < -0.39 is 0 Å². The smallest absolute Gasteiger partial charge is 0.254 e. The van der Waals surface area contributed by atoms with Gasteiger partial charge in [0.25, 0.3) is 5.91 Å². The zero-order valence-electron chi connectivity index (χ0n) is 20.8. The molecule has 0 spiro atoms. The number of nitrogens with zero attached hydrogens (tertiary/aromatic N) is 4. The highest BCUT2D eigenvalue weighted by molar-refractivity contribution is 5.95. The maximum atomic E-state index is 13.7. The Labute approximate surface area is 206 Å². The molecule has 8 heteroatoms. The number of hydrogen-bond acceptors (Lipinski definition) is 6. The number of carbonyl (C=O) groups is 1. The third-order valence-corrected chi connectivity index (χ3v) is 6.70. The average Bonchev–Trinajstić information content (AvgIpc) is 3.30. The maximum absolute atomic E-state index is 13.7. The van der Waals surface area contributed by atoms with Crippen LogP contribution in [0.4, 0.5) is 10.3 Å². The number of benzene rings is 2. The quantitative estimate of drug-likeness (QED) is 0.467. The van der Waals surface area contributed by atoms with Crippen LogP contribution in [0.1, 0.15) is 36.2 Å². The molecule has 4 rings (SSSR count). The van der Waals surface area contributed by atoms with E-state index in [1.807, 2.05) is 24.0 Å². The van der Waals surface area contributed by atoms with Gasteiger partial charge >= 0.3 is 0 Å². The number of piperazine rings is 1. The Morgan fingerprint density at radius 2 is 1.89 bits per heavy atom. The number of halogens is 1. The second-order valence-electron chi connectivity index (χ2n) is 9.03. The maximum Gasteiger partial charge on any atom is 0.254 e. The fraction of sp³-hybridized carbons (Fsp3) is 0.407. The minimum absolute atomic E-state index is 0.0231. The van der Waals surface area contributed by atoms with Crippen molar-refractivity contribution in [2.24, 2.45) is 0 Å². The van der Waals surface area contributed by atoms with E-state index in [0.29, 0.717) is 29.4 Å². The molecule has 1 aliphatic heterocycles. The van der Waals surface area contributed by atoms with Crippen molar-refractivity contribution in [3.63, 3.8) is 0 Å². The van der Waals surface area contributed by atoms with E-state index in [0.717, 1.165) is 43.7 Å². The number of carbonyl (C=O) groups excluding carboxylic acids is 1. The van der Waals surface area contributed by atoms with Crippen molar-refractivity contribution < 1.29 is 18.4 Å². The topological polar surface area (TPSA) is 62.1 Å². The molecule has 3 aromatic rings. The number of aromatic nitrogens is 1. The Bertz CT molecular complexity index is 1140. The van der Waals surface area contributed by atoms with Gasteiger partial charge in [0.05, 0.1) is 19.2 Å². The monoisotopic (exact) mass is 480 g/mol. The predicted molar refractivity (Wildman–Crippen MR) is 134 cm³/mol. The van der Waals surface area contributed by atoms with Gasteiger partial charge in [0.15, 0.2) is 0 Å². The van der Waals surface area contributed by atoms with E-state index in [2.05, 4.69) is 28.9 Å². The average molecular weight is 481 g/mol. The molecular formula is C27H33FN4O3. The Kier molecular flexibility index (Phi) is 7.70. The first-order chi connectivity index (χ1) is 16.9. The third-order valence-electron chi connectivity index (χ3n) is 6.70. The number of likely N-dealkylation sites (N-methyl/N-ethyl adjacent to an activating group) is 1. The number of amides is 1. The molecule has 1 saturated heterocycles. The van der Waals surface area contributed by atoms with Crippen LogP contribution in [0.3, 0.4) is 0 Å². The second-order valence-corrected chi connectivity index (χ2v) is 9.03. The molecule has 1 aliphatic rings. The van der Waals surface area contributed by atoms with Crippen molar-refractivity contribution in [3.8, 4) is 17.0 Å². The van der Waals surface area contributed by atoms with Crippen LogP contribution < -0.4 is 9.64 Å². The fourth-order valence-corrected chi connectivity index (χ4v) is 4.28. The minimum atomic E-state index is -0.312. The van der Waals surface area contributed by atoms with E-state index in [1.54, 1.807) is 31.4 Å². The molecule has 0 saturated carbocycles. The van der Waals surface area contributed by atoms with E-state index in [4.69, 9.17) is 9.26 Å². The summed E-state index contributed by atoms with van der Waals surface area (Å²) < 4.78 is 24.9. The Morgan fingerprint density at radius 3 is 2.54 bits per heavy atom. The zero-order chi connectivity index (χ0) is 24.9. The lowest BCUT2D eigenvalue weighted by Crippen LogP contribution is -2.45. The molecule has 1 fully saturated rings. The van der Waals surface area contributed by atoms with Gasteiger partial charge in [-0.05, 0) is 62.9 Å². The van der Waals surface area contributed by atoms with Crippen molar-refractivity contribution in [3.05, 3.63) is 65.5 Å². The van der Waals surface area contributed by atoms with Crippen molar-refractivity contribution in [1.29, 1.82) is 0 Å². The van der Waals surface area contributed by atoms with Crippen LogP contribution >= 0.6 is 0 Å². The summed E-state index contributed by atoms with van der Waals surface area (Å²) in [4.78, 5) is 20.0. The van der Waals surface area contributed by atoms with Gasteiger partial charge in [0.1, 0.15) is 17.3 Å². The molecular weight excluding hydrogens is 447 g/mol. The first kappa shape index (κ1) is 24.7. The molecule has 7 nitrogen and oxygen atoms in total. The predicted octanol–water partition coefficient (Wildman–Crippen LogP) is 4.68. The van der Waals surface area contributed by atoms with E-state index in [1.165, 1.54) is 12.1 Å². The van der Waals surface area contributed by atoms with Gasteiger partial charge in [0, 0.05) is 43.3 Å². The molecule has 0 N–H and O–H groups in total. The number of rotatable bonds is 8. The lowest BCUT2D eigenvalue weighted by molar-refractivity contribution is 0.0671. The number of ether oxygens (including phenoxy) is 1. The molecule has 35 heavy (non-hydrogen) atoms. The SMILES string of the molecule is CCC(C)N(Cc1c(-c2ccc(F)cc2)noc1N1CCN(C)CC1)C(=O)c1cccc(OC)c1. The number of hydrogen-bond donors (Lipinski definition) is 0. The molecule has 1 amide bonds. The van der Waals surface area contributed by atoms with Crippen molar-refractivity contribution >= 4 is 11.8 Å². The summed E-state index contributed by atoms with van der Waals surface area (Å²) >= 11 is 0. The van der Waals surface area contributed by atoms with Gasteiger partial charge < -0.3 is 24.0 Å². The lowest BCUT2D eigenvalue weighted by atomic mass is 10.0. The van der Waals surface area contributed by atoms with Crippen molar-refractivity contribution in [1.82, 2.24) is 15.0 Å². The van der Waals surface area contributed by atoms with Gasteiger partial charge in [-0.2, -0.15) is 0 Å². The molecule has 0 bridgehead atoms. The summed E-state index contributed by atoms with van der Waals surface area (Å²) in [6.07, 6.45) is 0.788. The van der Waals surface area contributed by atoms with Gasteiger partial charge in [-0.1, -0.05) is 18.1 Å². The molecule has 1 aromatic heterocycles. The summed E-state index contributed by atoms with van der Waals surface area (Å²) in [7, 11) is 3.69. The first-order valence-electron chi connectivity index (χ1n) is 12.0. The molecule has 1 atom stereocenters. The Morgan fingerprint density at radius 1 is 1.17 bits per heavy atom. The highest BCUT2D eigenvalue weighted by atomic mass is 19.1. The molecule has 2 heterocycles. The van der Waals surface area contributed by atoms with Crippen LogP contribution in [0.5, 0.6) is 5.75 Å². The standard InChI is InChI=1S/C27H33FN4O3/c1-5-19(2)32(26(33)21-7-6-8-23(17-21)34-4)18-24-25(20-9-11-22(28)12-10-20)29-35-27(24)31-15-13-30(3)14-16-31/h6-12,17,19H,5,13-16,18H2,1-4H3. The van der Waals surface area contributed by atoms with Gasteiger partial charge in [-0.3, -0.25) is 4.79 Å². The van der Waals surface area contributed by atoms with Gasteiger partial charge in [-0.15, -0.1) is 0 Å².